The van der Waals surface area contributed by atoms with Crippen molar-refractivity contribution in [2.24, 2.45) is 0 Å². The van der Waals surface area contributed by atoms with Crippen molar-refractivity contribution in [2.45, 2.75) is 12.2 Å². The molecule has 0 aromatic heterocycles. The van der Waals surface area contributed by atoms with E-state index in [4.69, 9.17) is 4.74 Å². The van der Waals surface area contributed by atoms with Crippen LogP contribution in [-0.4, -0.2) is 0 Å². The predicted molar refractivity (Wildman–Crippen MR) is 67.2 cm³/mol. The maximum atomic E-state index is 5.71. The van der Waals surface area contributed by atoms with E-state index < -0.39 is 0 Å². The predicted octanol–water partition coefficient (Wildman–Crippen LogP) is 4.26. The van der Waals surface area contributed by atoms with Crippen molar-refractivity contribution >= 4 is 15.9 Å². The van der Waals surface area contributed by atoms with Crippen LogP contribution in [0.15, 0.2) is 59.1 Å². The van der Waals surface area contributed by atoms with Gasteiger partial charge in [0, 0.05) is 4.47 Å². The molecule has 0 amide bonds. The van der Waals surface area contributed by atoms with Crippen LogP contribution in [0.5, 0.6) is 0 Å². The van der Waals surface area contributed by atoms with Gasteiger partial charge in [0.2, 0.25) is 0 Å². The molecule has 0 N–H and O–H groups in total. The van der Waals surface area contributed by atoms with Crippen molar-refractivity contribution in [3.05, 3.63) is 70.2 Å². The standard InChI is InChI=1S/C14H11BrO/c15-12-8-6-11(7-9-12)14-13(16-14)10-4-2-1-3-5-10/h1-9,13-14H. The third kappa shape index (κ3) is 1.91. The van der Waals surface area contributed by atoms with Crippen LogP contribution >= 0.6 is 15.9 Å². The number of epoxide rings is 1. The maximum Gasteiger partial charge on any atom is 0.114 e. The van der Waals surface area contributed by atoms with Crippen molar-refractivity contribution in [2.75, 3.05) is 0 Å². The first-order chi connectivity index (χ1) is 7.84. The molecule has 0 saturated carbocycles. The Hall–Kier alpha value is -1.12. The monoisotopic (exact) mass is 274 g/mol. The van der Waals surface area contributed by atoms with Crippen LogP contribution < -0.4 is 0 Å². The summed E-state index contributed by atoms with van der Waals surface area (Å²) in [6.07, 6.45) is 0.470. The van der Waals surface area contributed by atoms with Gasteiger partial charge in [-0.05, 0) is 23.3 Å². The Labute approximate surface area is 103 Å². The van der Waals surface area contributed by atoms with Gasteiger partial charge in [-0.1, -0.05) is 58.4 Å². The highest BCUT2D eigenvalue weighted by Crippen LogP contribution is 2.50. The highest BCUT2D eigenvalue weighted by molar-refractivity contribution is 9.10. The van der Waals surface area contributed by atoms with E-state index in [1.54, 1.807) is 0 Å². The molecule has 1 fully saturated rings. The fourth-order valence-electron chi connectivity index (χ4n) is 1.91. The zero-order valence-corrected chi connectivity index (χ0v) is 10.2. The molecule has 3 rings (SSSR count). The van der Waals surface area contributed by atoms with Gasteiger partial charge < -0.3 is 4.74 Å². The molecule has 0 aliphatic carbocycles. The Balaban J connectivity index is 1.79. The van der Waals surface area contributed by atoms with Crippen LogP contribution in [0.2, 0.25) is 0 Å². The number of hydrogen-bond acceptors (Lipinski definition) is 1. The lowest BCUT2D eigenvalue weighted by Crippen LogP contribution is -1.83. The summed E-state index contributed by atoms with van der Waals surface area (Å²) in [5.74, 6) is 0. The molecule has 2 atom stereocenters. The van der Waals surface area contributed by atoms with Crippen LogP contribution in [0.4, 0.5) is 0 Å². The fraction of sp³-hybridized carbons (Fsp3) is 0.143. The zero-order valence-electron chi connectivity index (χ0n) is 8.64. The first-order valence-corrected chi connectivity index (χ1v) is 6.10. The van der Waals surface area contributed by atoms with Gasteiger partial charge in [-0.2, -0.15) is 0 Å². The van der Waals surface area contributed by atoms with Crippen LogP contribution in [0, 0.1) is 0 Å². The maximum absolute atomic E-state index is 5.71. The second kappa shape index (κ2) is 4.04. The molecule has 1 nitrogen and oxygen atoms in total. The second-order valence-electron chi connectivity index (χ2n) is 3.94. The van der Waals surface area contributed by atoms with Gasteiger partial charge in [0.15, 0.2) is 0 Å². The molecule has 2 unspecified atom stereocenters. The van der Waals surface area contributed by atoms with Crippen LogP contribution in [-0.2, 0) is 4.74 Å². The molecule has 2 aromatic carbocycles. The first-order valence-electron chi connectivity index (χ1n) is 5.30. The summed E-state index contributed by atoms with van der Waals surface area (Å²) < 4.78 is 6.82. The number of hydrogen-bond donors (Lipinski definition) is 0. The molecule has 2 heteroatoms. The number of rotatable bonds is 2. The van der Waals surface area contributed by atoms with Gasteiger partial charge in [0.25, 0.3) is 0 Å². The van der Waals surface area contributed by atoms with E-state index >= 15 is 0 Å². The summed E-state index contributed by atoms with van der Waals surface area (Å²) in [7, 11) is 0. The Kier molecular flexibility index (Phi) is 2.54. The number of ether oxygens (including phenoxy) is 1. The molecular weight excluding hydrogens is 264 g/mol. The third-order valence-electron chi connectivity index (χ3n) is 2.82. The molecule has 0 spiro atoms. The summed E-state index contributed by atoms with van der Waals surface area (Å²) in [6, 6.07) is 18.7. The van der Waals surface area contributed by atoms with Crippen molar-refractivity contribution in [1.82, 2.24) is 0 Å². The van der Waals surface area contributed by atoms with Gasteiger partial charge in [-0.25, -0.2) is 0 Å². The van der Waals surface area contributed by atoms with E-state index in [-0.39, 0.29) is 12.2 Å². The Morgan fingerprint density at radius 3 is 1.94 bits per heavy atom. The summed E-state index contributed by atoms with van der Waals surface area (Å²) in [6.45, 7) is 0. The lowest BCUT2D eigenvalue weighted by atomic mass is 10.0. The summed E-state index contributed by atoms with van der Waals surface area (Å²) in [4.78, 5) is 0. The van der Waals surface area contributed by atoms with Crippen molar-refractivity contribution < 1.29 is 4.74 Å². The highest BCUT2D eigenvalue weighted by Gasteiger charge is 2.41. The summed E-state index contributed by atoms with van der Waals surface area (Å²) in [5.41, 5.74) is 2.51. The van der Waals surface area contributed by atoms with Crippen LogP contribution in [0.3, 0.4) is 0 Å². The number of benzene rings is 2. The van der Waals surface area contributed by atoms with E-state index in [2.05, 4.69) is 64.5 Å². The topological polar surface area (TPSA) is 12.5 Å². The molecule has 1 aliphatic heterocycles. The van der Waals surface area contributed by atoms with E-state index in [0.29, 0.717) is 0 Å². The highest BCUT2D eigenvalue weighted by atomic mass is 79.9. The molecule has 0 bridgehead atoms. The third-order valence-corrected chi connectivity index (χ3v) is 3.35. The minimum absolute atomic E-state index is 0.232. The Bertz CT molecular complexity index is 478. The van der Waals surface area contributed by atoms with E-state index in [1.165, 1.54) is 11.1 Å². The summed E-state index contributed by atoms with van der Waals surface area (Å²) >= 11 is 3.43. The molecule has 16 heavy (non-hydrogen) atoms. The molecule has 1 heterocycles. The quantitative estimate of drug-likeness (QED) is 0.746. The normalized spacial score (nSPS) is 23.1. The van der Waals surface area contributed by atoms with Crippen molar-refractivity contribution in [1.29, 1.82) is 0 Å². The van der Waals surface area contributed by atoms with Gasteiger partial charge in [0.1, 0.15) is 12.2 Å². The largest absolute Gasteiger partial charge is 0.359 e. The average Bonchev–Trinajstić information content (AvgIpc) is 3.11. The van der Waals surface area contributed by atoms with Gasteiger partial charge >= 0.3 is 0 Å². The molecule has 1 aliphatic rings. The van der Waals surface area contributed by atoms with E-state index in [1.807, 2.05) is 6.07 Å². The molecule has 2 aromatic rings. The van der Waals surface area contributed by atoms with Gasteiger partial charge in [0.05, 0.1) is 0 Å². The Morgan fingerprint density at radius 1 is 0.750 bits per heavy atom. The first kappa shape index (κ1) is 10.1. The van der Waals surface area contributed by atoms with Crippen molar-refractivity contribution in [3.8, 4) is 0 Å². The van der Waals surface area contributed by atoms with Crippen molar-refractivity contribution in [3.63, 3.8) is 0 Å². The molecule has 0 radical (unpaired) electrons. The molecular formula is C14H11BrO. The van der Waals surface area contributed by atoms with Crippen LogP contribution in [0.1, 0.15) is 23.3 Å². The molecule has 1 saturated heterocycles. The second-order valence-corrected chi connectivity index (χ2v) is 4.86. The Morgan fingerprint density at radius 2 is 1.31 bits per heavy atom. The lowest BCUT2D eigenvalue weighted by molar-refractivity contribution is 0.377. The molecule has 80 valence electrons. The lowest BCUT2D eigenvalue weighted by Gasteiger charge is -1.97. The van der Waals surface area contributed by atoms with Crippen LogP contribution in [0.25, 0.3) is 0 Å². The van der Waals surface area contributed by atoms with Gasteiger partial charge in [-0.15, -0.1) is 0 Å². The van der Waals surface area contributed by atoms with E-state index in [9.17, 15) is 0 Å². The summed E-state index contributed by atoms with van der Waals surface area (Å²) in [5, 5.41) is 0. The minimum atomic E-state index is 0.232. The van der Waals surface area contributed by atoms with Gasteiger partial charge in [-0.3, -0.25) is 0 Å². The smallest absolute Gasteiger partial charge is 0.114 e. The fourth-order valence-corrected chi connectivity index (χ4v) is 2.18. The zero-order chi connectivity index (χ0) is 11.0. The van der Waals surface area contributed by atoms with E-state index in [0.717, 1.165) is 4.47 Å². The number of halogens is 1. The minimum Gasteiger partial charge on any atom is -0.359 e. The SMILES string of the molecule is Brc1ccc(C2OC2c2ccccc2)cc1. The average molecular weight is 275 g/mol.